The fourth-order valence-corrected chi connectivity index (χ4v) is 2.67. The summed E-state index contributed by atoms with van der Waals surface area (Å²) in [6, 6.07) is 17.4. The van der Waals surface area contributed by atoms with Crippen molar-refractivity contribution in [1.82, 2.24) is 10.2 Å². The number of methoxy groups -OCH3 is 1. The Morgan fingerprint density at radius 2 is 1.75 bits per heavy atom. The molecule has 0 atom stereocenters. The molecule has 24 heavy (non-hydrogen) atoms. The van der Waals surface area contributed by atoms with Crippen LogP contribution in [0.15, 0.2) is 54.6 Å². The van der Waals surface area contributed by atoms with Crippen molar-refractivity contribution < 1.29 is 14.3 Å². The molecule has 2 aromatic carbocycles. The van der Waals surface area contributed by atoms with Crippen molar-refractivity contribution in [2.45, 2.75) is 6.54 Å². The average Bonchev–Trinajstić information content (AvgIpc) is 2.58. The highest BCUT2D eigenvalue weighted by atomic mass is 16.5. The van der Waals surface area contributed by atoms with Gasteiger partial charge in [-0.25, -0.2) is 4.79 Å². The Morgan fingerprint density at radius 1 is 1.08 bits per heavy atom. The first-order chi connectivity index (χ1) is 11.7. The van der Waals surface area contributed by atoms with E-state index in [1.54, 1.807) is 12.0 Å². The molecule has 3 rings (SSSR count). The molecule has 2 aromatic rings. The van der Waals surface area contributed by atoms with Crippen LogP contribution in [0.3, 0.4) is 0 Å². The number of para-hydroxylation sites is 1. The lowest BCUT2D eigenvalue weighted by Crippen LogP contribution is -2.54. The monoisotopic (exact) mass is 326 g/mol. The Morgan fingerprint density at radius 3 is 2.42 bits per heavy atom. The summed E-state index contributed by atoms with van der Waals surface area (Å²) in [4.78, 5) is 13.8. The molecule has 0 saturated carbocycles. The molecule has 1 heterocycles. The highest BCUT2D eigenvalue weighted by molar-refractivity contribution is 5.75. The molecule has 1 saturated heterocycles. The van der Waals surface area contributed by atoms with E-state index < -0.39 is 0 Å². The summed E-state index contributed by atoms with van der Waals surface area (Å²) in [6.45, 7) is 2.76. The minimum Gasteiger partial charge on any atom is -0.457 e. The van der Waals surface area contributed by atoms with E-state index in [4.69, 9.17) is 9.47 Å². The molecular weight excluding hydrogens is 304 g/mol. The summed E-state index contributed by atoms with van der Waals surface area (Å²) in [5.41, 5.74) is 1.04. The minimum absolute atomic E-state index is 0.0213. The molecule has 1 fully saturated rings. The molecule has 1 aliphatic heterocycles. The van der Waals surface area contributed by atoms with Crippen LogP contribution in [0.25, 0.3) is 0 Å². The predicted octanol–water partition coefficient (Wildman–Crippen LogP) is 3.27. The molecule has 5 heteroatoms. The molecule has 5 nitrogen and oxygen atoms in total. The lowest BCUT2D eigenvalue weighted by atomic mass is 10.0. The quantitative estimate of drug-likeness (QED) is 0.886. The van der Waals surface area contributed by atoms with E-state index in [1.807, 2.05) is 54.6 Å². The number of nitrogens with zero attached hydrogens (tertiary/aromatic N) is 1. The molecule has 126 valence electrons. The number of rotatable bonds is 6. The number of carbonyl (C=O) groups is 1. The van der Waals surface area contributed by atoms with Gasteiger partial charge < -0.3 is 19.7 Å². The standard InChI is InChI=1S/C19H22N2O3/c1-23-14-16-12-21(13-16)19(22)20-11-15-7-9-18(10-8-15)24-17-5-3-2-4-6-17/h2-10,16H,11-14H2,1H3,(H,20,22). The lowest BCUT2D eigenvalue weighted by molar-refractivity contribution is 0.0554. The smallest absolute Gasteiger partial charge is 0.317 e. The summed E-state index contributed by atoms with van der Waals surface area (Å²) < 4.78 is 10.8. The number of likely N-dealkylation sites (tertiary alicyclic amines) is 1. The van der Waals surface area contributed by atoms with Gasteiger partial charge in [0.1, 0.15) is 11.5 Å². The van der Waals surface area contributed by atoms with E-state index in [9.17, 15) is 4.79 Å². The Hall–Kier alpha value is -2.53. The van der Waals surface area contributed by atoms with Gasteiger partial charge in [-0.3, -0.25) is 0 Å². The molecule has 0 bridgehead atoms. The summed E-state index contributed by atoms with van der Waals surface area (Å²) in [5.74, 6) is 2.05. The lowest BCUT2D eigenvalue weighted by Gasteiger charge is -2.38. The number of nitrogens with one attached hydrogen (secondary N) is 1. The van der Waals surface area contributed by atoms with Gasteiger partial charge in [-0.05, 0) is 29.8 Å². The average molecular weight is 326 g/mol. The maximum absolute atomic E-state index is 12.0. The van der Waals surface area contributed by atoms with Crippen molar-refractivity contribution in [2.75, 3.05) is 26.8 Å². The number of carbonyl (C=O) groups excluding carboxylic acids is 1. The van der Waals surface area contributed by atoms with Gasteiger partial charge in [0.2, 0.25) is 0 Å². The molecule has 0 spiro atoms. The third-order valence-corrected chi connectivity index (χ3v) is 3.99. The summed E-state index contributed by atoms with van der Waals surface area (Å²) in [6.07, 6.45) is 0. The highest BCUT2D eigenvalue weighted by Gasteiger charge is 2.30. The summed E-state index contributed by atoms with van der Waals surface area (Å²) in [7, 11) is 1.69. The second kappa shape index (κ2) is 7.84. The Balaban J connectivity index is 1.44. The van der Waals surface area contributed by atoms with E-state index in [0.29, 0.717) is 19.1 Å². The molecule has 1 aliphatic rings. The third-order valence-electron chi connectivity index (χ3n) is 3.99. The molecule has 0 unspecified atom stereocenters. The SMILES string of the molecule is COCC1CN(C(=O)NCc2ccc(Oc3ccccc3)cc2)C1. The number of benzene rings is 2. The molecular formula is C19H22N2O3. The third kappa shape index (κ3) is 4.26. The van der Waals surface area contributed by atoms with E-state index in [2.05, 4.69) is 5.32 Å². The summed E-state index contributed by atoms with van der Waals surface area (Å²) >= 11 is 0. The number of urea groups is 1. The van der Waals surface area contributed by atoms with E-state index >= 15 is 0 Å². The molecule has 1 N–H and O–H groups in total. The predicted molar refractivity (Wildman–Crippen MR) is 92.1 cm³/mol. The topological polar surface area (TPSA) is 50.8 Å². The Labute approximate surface area is 142 Å². The van der Waals surface area contributed by atoms with Crippen molar-refractivity contribution in [3.05, 3.63) is 60.2 Å². The van der Waals surface area contributed by atoms with Crippen LogP contribution in [0, 0.1) is 5.92 Å². The number of hydrogen-bond acceptors (Lipinski definition) is 3. The number of ether oxygens (including phenoxy) is 2. The van der Waals surface area contributed by atoms with Crippen LogP contribution >= 0.6 is 0 Å². The van der Waals surface area contributed by atoms with Crippen LogP contribution in [0.2, 0.25) is 0 Å². The zero-order chi connectivity index (χ0) is 16.8. The minimum atomic E-state index is -0.0213. The van der Waals surface area contributed by atoms with Gasteiger partial charge in [0.25, 0.3) is 0 Å². The van der Waals surface area contributed by atoms with Crippen LogP contribution in [0.4, 0.5) is 4.79 Å². The van der Waals surface area contributed by atoms with Crippen molar-refractivity contribution >= 4 is 6.03 Å². The molecule has 2 amide bonds. The second-order valence-electron chi connectivity index (χ2n) is 5.94. The number of hydrogen-bond donors (Lipinski definition) is 1. The van der Waals surface area contributed by atoms with E-state index in [1.165, 1.54) is 0 Å². The van der Waals surface area contributed by atoms with Crippen molar-refractivity contribution in [2.24, 2.45) is 5.92 Å². The second-order valence-corrected chi connectivity index (χ2v) is 5.94. The van der Waals surface area contributed by atoms with E-state index in [-0.39, 0.29) is 6.03 Å². The van der Waals surface area contributed by atoms with Crippen LogP contribution in [-0.4, -0.2) is 37.7 Å². The van der Waals surface area contributed by atoms with Crippen LogP contribution in [-0.2, 0) is 11.3 Å². The van der Waals surface area contributed by atoms with Gasteiger partial charge in [0.05, 0.1) is 6.61 Å². The first-order valence-electron chi connectivity index (χ1n) is 8.08. The van der Waals surface area contributed by atoms with Crippen LogP contribution in [0.1, 0.15) is 5.56 Å². The van der Waals surface area contributed by atoms with Crippen molar-refractivity contribution in [3.8, 4) is 11.5 Å². The van der Waals surface area contributed by atoms with Gasteiger partial charge in [-0.2, -0.15) is 0 Å². The first-order valence-corrected chi connectivity index (χ1v) is 8.08. The fraction of sp³-hybridized carbons (Fsp3) is 0.316. The van der Waals surface area contributed by atoms with Gasteiger partial charge in [-0.15, -0.1) is 0 Å². The van der Waals surface area contributed by atoms with Gasteiger partial charge >= 0.3 is 6.03 Å². The summed E-state index contributed by atoms with van der Waals surface area (Å²) in [5, 5.41) is 2.94. The zero-order valence-corrected chi connectivity index (χ0v) is 13.8. The first kappa shape index (κ1) is 16.3. The Kier molecular flexibility index (Phi) is 5.33. The van der Waals surface area contributed by atoms with Crippen molar-refractivity contribution in [1.29, 1.82) is 0 Å². The largest absolute Gasteiger partial charge is 0.457 e. The van der Waals surface area contributed by atoms with Crippen molar-refractivity contribution in [3.63, 3.8) is 0 Å². The maximum Gasteiger partial charge on any atom is 0.317 e. The van der Waals surface area contributed by atoms with E-state index in [0.717, 1.165) is 30.2 Å². The maximum atomic E-state index is 12.0. The van der Waals surface area contributed by atoms with Crippen LogP contribution in [0.5, 0.6) is 11.5 Å². The van der Waals surface area contributed by atoms with Crippen LogP contribution < -0.4 is 10.1 Å². The van der Waals surface area contributed by atoms with Gasteiger partial charge in [0.15, 0.2) is 0 Å². The molecule has 0 radical (unpaired) electrons. The normalized spacial score (nSPS) is 14.1. The number of amides is 2. The van der Waals surface area contributed by atoms with Gasteiger partial charge in [-0.1, -0.05) is 30.3 Å². The molecule has 0 aromatic heterocycles. The fourth-order valence-electron chi connectivity index (χ4n) is 2.67. The highest BCUT2D eigenvalue weighted by Crippen LogP contribution is 2.21. The zero-order valence-electron chi connectivity index (χ0n) is 13.8. The van der Waals surface area contributed by atoms with Gasteiger partial charge in [0, 0.05) is 32.7 Å². The molecule has 0 aliphatic carbocycles. The Bertz CT molecular complexity index is 652.